The average molecular weight is 269 g/mol. The number of amides is 2. The van der Waals surface area contributed by atoms with Crippen molar-refractivity contribution in [1.29, 1.82) is 0 Å². The average Bonchev–Trinajstić information content (AvgIpc) is 2.36. The number of piperidine rings is 1. The molecule has 3 N–H and O–H groups in total. The Morgan fingerprint density at radius 3 is 2.47 bits per heavy atom. The molecule has 1 atom stereocenters. The highest BCUT2D eigenvalue weighted by Crippen LogP contribution is 2.15. The number of rotatable bonds is 6. The van der Waals surface area contributed by atoms with Crippen molar-refractivity contribution in [3.8, 4) is 0 Å². The molecule has 0 aromatic heterocycles. The summed E-state index contributed by atoms with van der Waals surface area (Å²) in [4.78, 5) is 24.9. The number of hydrogen-bond acceptors (Lipinski definition) is 3. The molecule has 5 heteroatoms. The summed E-state index contributed by atoms with van der Waals surface area (Å²) in [5.74, 6) is 0.774. The minimum Gasteiger partial charge on any atom is -0.353 e. The van der Waals surface area contributed by atoms with E-state index in [2.05, 4.69) is 12.2 Å². The Labute approximate surface area is 115 Å². The fraction of sp³-hybridized carbons (Fsp3) is 0.857. The first-order valence-electron chi connectivity index (χ1n) is 7.28. The molecule has 1 aliphatic rings. The standard InChI is InChI=1S/C14H27N3O2/c1-11(5-8-15)3-4-14(19)17-9-6-13(7-10-17)16-12(2)18/h11,13H,3-10,15H2,1-2H3,(H,16,18). The number of nitrogens with one attached hydrogen (secondary N) is 1. The summed E-state index contributed by atoms with van der Waals surface area (Å²) in [7, 11) is 0. The lowest BCUT2D eigenvalue weighted by atomic mass is 10.00. The van der Waals surface area contributed by atoms with Gasteiger partial charge in [-0.15, -0.1) is 0 Å². The van der Waals surface area contributed by atoms with Gasteiger partial charge in [-0.05, 0) is 38.1 Å². The third-order valence-corrected chi connectivity index (χ3v) is 3.77. The molecule has 0 radical (unpaired) electrons. The van der Waals surface area contributed by atoms with Gasteiger partial charge in [-0.25, -0.2) is 0 Å². The fourth-order valence-electron chi connectivity index (χ4n) is 2.52. The van der Waals surface area contributed by atoms with Crippen LogP contribution in [0.25, 0.3) is 0 Å². The lowest BCUT2D eigenvalue weighted by molar-refractivity contribution is -0.132. The zero-order chi connectivity index (χ0) is 14.3. The number of carbonyl (C=O) groups is 2. The SMILES string of the molecule is CC(=O)NC1CCN(C(=O)CCC(C)CCN)CC1. The quantitative estimate of drug-likeness (QED) is 0.751. The Morgan fingerprint density at radius 2 is 1.95 bits per heavy atom. The Morgan fingerprint density at radius 1 is 1.32 bits per heavy atom. The van der Waals surface area contributed by atoms with Gasteiger partial charge in [0.25, 0.3) is 0 Å². The van der Waals surface area contributed by atoms with Crippen LogP contribution in [0.2, 0.25) is 0 Å². The van der Waals surface area contributed by atoms with Gasteiger partial charge in [0, 0.05) is 32.5 Å². The van der Waals surface area contributed by atoms with E-state index in [4.69, 9.17) is 5.73 Å². The van der Waals surface area contributed by atoms with Crippen LogP contribution in [-0.2, 0) is 9.59 Å². The molecule has 0 bridgehead atoms. The van der Waals surface area contributed by atoms with E-state index in [-0.39, 0.29) is 17.9 Å². The Balaban J connectivity index is 2.23. The number of carbonyl (C=O) groups excluding carboxylic acids is 2. The highest BCUT2D eigenvalue weighted by Gasteiger charge is 2.23. The van der Waals surface area contributed by atoms with Crippen molar-refractivity contribution in [3.05, 3.63) is 0 Å². The Bertz CT molecular complexity index is 299. The van der Waals surface area contributed by atoms with E-state index in [0.29, 0.717) is 18.9 Å². The molecule has 1 fully saturated rings. The van der Waals surface area contributed by atoms with Crippen molar-refractivity contribution in [2.45, 2.75) is 52.0 Å². The molecule has 1 aliphatic heterocycles. The molecule has 0 aromatic carbocycles. The molecular weight excluding hydrogens is 242 g/mol. The minimum atomic E-state index is 0.0142. The van der Waals surface area contributed by atoms with E-state index in [1.165, 1.54) is 6.92 Å². The van der Waals surface area contributed by atoms with E-state index in [0.717, 1.165) is 38.8 Å². The molecule has 0 aliphatic carbocycles. The van der Waals surface area contributed by atoms with Gasteiger partial charge < -0.3 is 16.0 Å². The van der Waals surface area contributed by atoms with Gasteiger partial charge in [-0.2, -0.15) is 0 Å². The van der Waals surface area contributed by atoms with Crippen LogP contribution in [0, 0.1) is 5.92 Å². The third-order valence-electron chi connectivity index (χ3n) is 3.77. The summed E-state index contributed by atoms with van der Waals surface area (Å²) in [5.41, 5.74) is 5.50. The number of hydrogen-bond donors (Lipinski definition) is 2. The van der Waals surface area contributed by atoms with Crippen LogP contribution in [0.1, 0.15) is 46.0 Å². The van der Waals surface area contributed by atoms with Crippen molar-refractivity contribution in [2.24, 2.45) is 11.7 Å². The maximum atomic E-state index is 12.0. The second-order valence-corrected chi connectivity index (χ2v) is 5.58. The second-order valence-electron chi connectivity index (χ2n) is 5.58. The first kappa shape index (κ1) is 16.0. The zero-order valence-electron chi connectivity index (χ0n) is 12.2. The van der Waals surface area contributed by atoms with Crippen molar-refractivity contribution >= 4 is 11.8 Å². The molecule has 1 unspecified atom stereocenters. The monoisotopic (exact) mass is 269 g/mol. The normalized spacial score (nSPS) is 18.2. The lowest BCUT2D eigenvalue weighted by Gasteiger charge is -2.32. The summed E-state index contributed by atoms with van der Waals surface area (Å²) < 4.78 is 0. The molecule has 2 amide bonds. The van der Waals surface area contributed by atoms with Crippen molar-refractivity contribution in [1.82, 2.24) is 10.2 Å². The van der Waals surface area contributed by atoms with Crippen molar-refractivity contribution < 1.29 is 9.59 Å². The summed E-state index contributed by atoms with van der Waals surface area (Å²) in [6, 6.07) is 0.234. The Hall–Kier alpha value is -1.10. The molecule has 0 spiro atoms. The third kappa shape index (κ3) is 6.05. The van der Waals surface area contributed by atoms with Crippen LogP contribution < -0.4 is 11.1 Å². The minimum absolute atomic E-state index is 0.0142. The van der Waals surface area contributed by atoms with Crippen LogP contribution >= 0.6 is 0 Å². The van der Waals surface area contributed by atoms with Crippen molar-refractivity contribution in [2.75, 3.05) is 19.6 Å². The second kappa shape index (κ2) is 8.15. The first-order valence-corrected chi connectivity index (χ1v) is 7.28. The maximum absolute atomic E-state index is 12.0. The van der Waals surface area contributed by atoms with Gasteiger partial charge in [-0.3, -0.25) is 9.59 Å². The number of likely N-dealkylation sites (tertiary alicyclic amines) is 1. The summed E-state index contributed by atoms with van der Waals surface area (Å²) in [6.45, 7) is 5.89. The summed E-state index contributed by atoms with van der Waals surface area (Å²) in [5, 5.41) is 2.92. The van der Waals surface area contributed by atoms with Gasteiger partial charge in [0.05, 0.1) is 0 Å². The number of nitrogens with zero attached hydrogens (tertiary/aromatic N) is 1. The molecule has 19 heavy (non-hydrogen) atoms. The van der Waals surface area contributed by atoms with E-state index in [1.54, 1.807) is 0 Å². The summed E-state index contributed by atoms with van der Waals surface area (Å²) in [6.07, 6.45) is 4.25. The van der Waals surface area contributed by atoms with Gasteiger partial charge in [0.2, 0.25) is 11.8 Å². The van der Waals surface area contributed by atoms with Gasteiger partial charge in [0.1, 0.15) is 0 Å². The van der Waals surface area contributed by atoms with E-state index < -0.39 is 0 Å². The van der Waals surface area contributed by atoms with Gasteiger partial charge in [-0.1, -0.05) is 6.92 Å². The van der Waals surface area contributed by atoms with Gasteiger partial charge in [0.15, 0.2) is 0 Å². The van der Waals surface area contributed by atoms with Crippen molar-refractivity contribution in [3.63, 3.8) is 0 Å². The van der Waals surface area contributed by atoms with E-state index in [9.17, 15) is 9.59 Å². The van der Waals surface area contributed by atoms with Crippen LogP contribution in [-0.4, -0.2) is 42.4 Å². The van der Waals surface area contributed by atoms with Crippen LogP contribution in [0.5, 0.6) is 0 Å². The fourth-order valence-corrected chi connectivity index (χ4v) is 2.52. The predicted molar refractivity (Wildman–Crippen MR) is 75.5 cm³/mol. The molecule has 0 saturated carbocycles. The largest absolute Gasteiger partial charge is 0.353 e. The highest BCUT2D eigenvalue weighted by molar-refractivity contribution is 5.76. The van der Waals surface area contributed by atoms with E-state index >= 15 is 0 Å². The molecule has 1 saturated heterocycles. The molecule has 5 nitrogen and oxygen atoms in total. The molecule has 0 aromatic rings. The number of nitrogens with two attached hydrogens (primary N) is 1. The lowest BCUT2D eigenvalue weighted by Crippen LogP contribution is -2.46. The van der Waals surface area contributed by atoms with Crippen LogP contribution in [0.15, 0.2) is 0 Å². The summed E-state index contributed by atoms with van der Waals surface area (Å²) >= 11 is 0. The topological polar surface area (TPSA) is 75.4 Å². The van der Waals surface area contributed by atoms with Crippen LogP contribution in [0.4, 0.5) is 0 Å². The molecule has 1 rings (SSSR count). The van der Waals surface area contributed by atoms with E-state index in [1.807, 2.05) is 4.90 Å². The molecule has 110 valence electrons. The molecular formula is C14H27N3O2. The first-order chi connectivity index (χ1) is 9.02. The van der Waals surface area contributed by atoms with Gasteiger partial charge >= 0.3 is 0 Å². The Kier molecular flexibility index (Phi) is 6.84. The molecule has 1 heterocycles. The highest BCUT2D eigenvalue weighted by atomic mass is 16.2. The van der Waals surface area contributed by atoms with Crippen LogP contribution in [0.3, 0.4) is 0 Å². The maximum Gasteiger partial charge on any atom is 0.222 e. The predicted octanol–water partition coefficient (Wildman–Crippen LogP) is 0.879. The smallest absolute Gasteiger partial charge is 0.222 e. The zero-order valence-corrected chi connectivity index (χ0v) is 12.2.